The number of nitrogens with zero attached hydrogens (tertiary/aromatic N) is 1. The number of likely N-dealkylation sites (tertiary alicyclic amines) is 1. The normalized spacial score (nSPS) is 21.5. The van der Waals surface area contributed by atoms with Crippen LogP contribution in [0.5, 0.6) is 0 Å². The third-order valence-corrected chi connectivity index (χ3v) is 5.57. The van der Waals surface area contributed by atoms with Crippen molar-refractivity contribution in [1.29, 1.82) is 0 Å². The highest BCUT2D eigenvalue weighted by molar-refractivity contribution is 9.10. The van der Waals surface area contributed by atoms with E-state index < -0.39 is 9.84 Å². The minimum absolute atomic E-state index is 0.0986. The third kappa shape index (κ3) is 4.27. The maximum Gasteiger partial charge on any atom is 0.179 e. The largest absolute Gasteiger partial charge is 0.392 e. The van der Waals surface area contributed by atoms with Gasteiger partial charge in [-0.15, -0.1) is 0 Å². The average molecular weight is 348 g/mol. The zero-order chi connectivity index (χ0) is 13.9. The Morgan fingerprint density at radius 1 is 1.32 bits per heavy atom. The van der Waals surface area contributed by atoms with Gasteiger partial charge in [-0.25, -0.2) is 8.42 Å². The molecule has 0 amide bonds. The van der Waals surface area contributed by atoms with Crippen molar-refractivity contribution < 1.29 is 13.5 Å². The maximum absolute atomic E-state index is 12.2. The number of rotatable bonds is 4. The topological polar surface area (TPSA) is 57.6 Å². The van der Waals surface area contributed by atoms with Crippen LogP contribution in [0, 0.1) is 0 Å². The minimum Gasteiger partial charge on any atom is -0.392 e. The number of aliphatic hydroxyl groups excluding tert-OH is 1. The summed E-state index contributed by atoms with van der Waals surface area (Å²) in [6.07, 6.45) is 1.43. The first kappa shape index (κ1) is 15.0. The second kappa shape index (κ2) is 6.35. The van der Waals surface area contributed by atoms with Crippen LogP contribution in [0.1, 0.15) is 12.8 Å². The van der Waals surface area contributed by atoms with Crippen molar-refractivity contribution >= 4 is 25.8 Å². The number of piperidine rings is 1. The Labute approximate surface area is 122 Å². The van der Waals surface area contributed by atoms with Crippen LogP contribution in [0.25, 0.3) is 0 Å². The fourth-order valence-electron chi connectivity index (χ4n) is 2.24. The van der Waals surface area contributed by atoms with Crippen LogP contribution < -0.4 is 0 Å². The first-order chi connectivity index (χ1) is 8.97. The van der Waals surface area contributed by atoms with Gasteiger partial charge in [0.15, 0.2) is 9.84 Å². The molecule has 4 nitrogen and oxygen atoms in total. The van der Waals surface area contributed by atoms with Gasteiger partial charge in [-0.2, -0.15) is 0 Å². The van der Waals surface area contributed by atoms with Crippen molar-refractivity contribution in [2.45, 2.75) is 23.8 Å². The van der Waals surface area contributed by atoms with E-state index in [2.05, 4.69) is 15.9 Å². The van der Waals surface area contributed by atoms with E-state index in [1.165, 1.54) is 0 Å². The molecule has 0 aromatic heterocycles. The zero-order valence-corrected chi connectivity index (χ0v) is 13.0. The van der Waals surface area contributed by atoms with Crippen molar-refractivity contribution in [3.8, 4) is 0 Å². The Bertz CT molecular complexity index is 515. The number of hydrogen-bond acceptors (Lipinski definition) is 4. The highest BCUT2D eigenvalue weighted by atomic mass is 79.9. The lowest BCUT2D eigenvalue weighted by Crippen LogP contribution is -2.40. The lowest BCUT2D eigenvalue weighted by molar-refractivity contribution is 0.0741. The number of halogens is 1. The summed E-state index contributed by atoms with van der Waals surface area (Å²) in [5.41, 5.74) is 0. The molecule has 0 spiro atoms. The molecular weight excluding hydrogens is 330 g/mol. The van der Waals surface area contributed by atoms with Gasteiger partial charge >= 0.3 is 0 Å². The molecule has 1 aliphatic heterocycles. The van der Waals surface area contributed by atoms with E-state index in [-0.39, 0.29) is 11.9 Å². The molecule has 0 bridgehead atoms. The van der Waals surface area contributed by atoms with Crippen LogP contribution in [0.2, 0.25) is 0 Å². The molecule has 1 N–H and O–H groups in total. The van der Waals surface area contributed by atoms with E-state index >= 15 is 0 Å². The van der Waals surface area contributed by atoms with E-state index in [1.54, 1.807) is 24.3 Å². The van der Waals surface area contributed by atoms with Gasteiger partial charge in [0.1, 0.15) is 0 Å². The Morgan fingerprint density at radius 2 is 2.00 bits per heavy atom. The Kier molecular flexibility index (Phi) is 5.00. The molecule has 1 atom stereocenters. The van der Waals surface area contributed by atoms with Gasteiger partial charge in [-0.3, -0.25) is 4.90 Å². The Morgan fingerprint density at radius 3 is 2.63 bits per heavy atom. The Hall–Kier alpha value is -0.430. The van der Waals surface area contributed by atoms with Crippen LogP contribution in [0.15, 0.2) is 33.6 Å². The zero-order valence-electron chi connectivity index (χ0n) is 10.6. The van der Waals surface area contributed by atoms with Gasteiger partial charge in [-0.05, 0) is 43.7 Å². The molecule has 0 aliphatic carbocycles. The molecule has 1 heterocycles. The molecule has 0 radical (unpaired) electrons. The summed E-state index contributed by atoms with van der Waals surface area (Å²) in [5.74, 6) is 0.0986. The minimum atomic E-state index is -3.24. The van der Waals surface area contributed by atoms with Crippen LogP contribution in [0.3, 0.4) is 0 Å². The summed E-state index contributed by atoms with van der Waals surface area (Å²) in [4.78, 5) is 2.37. The fraction of sp³-hybridized carbons (Fsp3) is 0.538. The van der Waals surface area contributed by atoms with Crippen molar-refractivity contribution in [3.05, 3.63) is 28.7 Å². The van der Waals surface area contributed by atoms with Gasteiger partial charge in [0.2, 0.25) is 0 Å². The molecule has 0 saturated carbocycles. The Balaban J connectivity index is 1.96. The standard InChI is InChI=1S/C13H18BrNO3S/c14-11-3-5-13(6-4-11)19(17,18)9-8-15-7-1-2-12(16)10-15/h3-6,12,16H,1-2,7-10H2/t12-/m1/s1. The molecule has 19 heavy (non-hydrogen) atoms. The van der Waals surface area contributed by atoms with Crippen molar-refractivity contribution in [1.82, 2.24) is 4.90 Å². The predicted octanol–water partition coefficient (Wildman–Crippen LogP) is 1.68. The first-order valence-corrected chi connectivity index (χ1v) is 8.81. The number of hydrogen-bond donors (Lipinski definition) is 1. The van der Waals surface area contributed by atoms with Gasteiger partial charge in [-0.1, -0.05) is 15.9 Å². The third-order valence-electron chi connectivity index (χ3n) is 3.33. The SMILES string of the molecule is O=S(=O)(CCN1CCC[C@@H](O)C1)c1ccc(Br)cc1. The lowest BCUT2D eigenvalue weighted by Gasteiger charge is -2.29. The van der Waals surface area contributed by atoms with Crippen LogP contribution in [-0.2, 0) is 9.84 Å². The molecule has 0 unspecified atom stereocenters. The second-order valence-electron chi connectivity index (χ2n) is 4.87. The second-order valence-corrected chi connectivity index (χ2v) is 7.89. The number of β-amino-alcohol motifs (C(OH)–C–C–N with tert-alkyl or cyclic N) is 1. The lowest BCUT2D eigenvalue weighted by atomic mass is 10.1. The van der Waals surface area contributed by atoms with E-state index in [0.29, 0.717) is 18.0 Å². The molecule has 2 rings (SSSR count). The summed E-state index contributed by atoms with van der Waals surface area (Å²) >= 11 is 3.29. The summed E-state index contributed by atoms with van der Waals surface area (Å²) in [7, 11) is -3.24. The molecular formula is C13H18BrNO3S. The number of benzene rings is 1. The van der Waals surface area contributed by atoms with Crippen LogP contribution in [0.4, 0.5) is 0 Å². The molecule has 1 aromatic rings. The van der Waals surface area contributed by atoms with Gasteiger partial charge in [0, 0.05) is 17.6 Å². The smallest absolute Gasteiger partial charge is 0.179 e. The monoisotopic (exact) mass is 347 g/mol. The van der Waals surface area contributed by atoms with Gasteiger partial charge in [0.05, 0.1) is 16.8 Å². The molecule has 1 saturated heterocycles. The first-order valence-electron chi connectivity index (χ1n) is 6.36. The fourth-order valence-corrected chi connectivity index (χ4v) is 3.79. The van der Waals surface area contributed by atoms with Crippen LogP contribution in [-0.4, -0.2) is 49.9 Å². The van der Waals surface area contributed by atoms with Gasteiger partial charge < -0.3 is 5.11 Å². The van der Waals surface area contributed by atoms with E-state index in [9.17, 15) is 13.5 Å². The molecule has 6 heteroatoms. The quantitative estimate of drug-likeness (QED) is 0.900. The number of aliphatic hydroxyl groups is 1. The van der Waals surface area contributed by atoms with Crippen LogP contribution >= 0.6 is 15.9 Å². The summed E-state index contributed by atoms with van der Waals surface area (Å²) in [6, 6.07) is 6.70. The van der Waals surface area contributed by atoms with E-state index in [0.717, 1.165) is 23.9 Å². The summed E-state index contributed by atoms with van der Waals surface area (Å²) in [5, 5.41) is 9.56. The molecule has 106 valence electrons. The molecule has 1 fully saturated rings. The maximum atomic E-state index is 12.2. The average Bonchev–Trinajstić information content (AvgIpc) is 2.37. The summed E-state index contributed by atoms with van der Waals surface area (Å²) in [6.45, 7) is 1.93. The summed E-state index contributed by atoms with van der Waals surface area (Å²) < 4.78 is 25.2. The molecule has 1 aromatic carbocycles. The molecule has 1 aliphatic rings. The van der Waals surface area contributed by atoms with Crippen molar-refractivity contribution in [2.24, 2.45) is 0 Å². The highest BCUT2D eigenvalue weighted by Crippen LogP contribution is 2.17. The van der Waals surface area contributed by atoms with Gasteiger partial charge in [0.25, 0.3) is 0 Å². The highest BCUT2D eigenvalue weighted by Gasteiger charge is 2.20. The van der Waals surface area contributed by atoms with E-state index in [1.807, 2.05) is 4.90 Å². The van der Waals surface area contributed by atoms with Crippen molar-refractivity contribution in [3.63, 3.8) is 0 Å². The van der Waals surface area contributed by atoms with E-state index in [4.69, 9.17) is 0 Å². The predicted molar refractivity (Wildman–Crippen MR) is 77.9 cm³/mol. The number of sulfone groups is 1. The van der Waals surface area contributed by atoms with Crippen molar-refractivity contribution in [2.75, 3.05) is 25.4 Å².